The van der Waals surface area contributed by atoms with Gasteiger partial charge in [0.15, 0.2) is 5.82 Å². The van der Waals surface area contributed by atoms with E-state index in [0.717, 1.165) is 57.1 Å². The molecular weight excluding hydrogens is 740 g/mol. The Bertz CT molecular complexity index is 1990. The predicted molar refractivity (Wildman–Crippen MR) is 193 cm³/mol. The summed E-state index contributed by atoms with van der Waals surface area (Å²) in [5.74, 6) is -2.15. The molecule has 3 fully saturated rings. The molecule has 2 atom stereocenters. The number of ether oxygens (including phenoxy) is 3. The van der Waals surface area contributed by atoms with Crippen molar-refractivity contribution in [1.29, 1.82) is 5.26 Å². The van der Waals surface area contributed by atoms with Crippen molar-refractivity contribution in [3.05, 3.63) is 41.0 Å². The molecule has 0 spiro atoms. The van der Waals surface area contributed by atoms with Gasteiger partial charge in [-0.3, -0.25) is 4.90 Å². The van der Waals surface area contributed by atoms with Gasteiger partial charge in [-0.15, -0.1) is 11.3 Å². The summed E-state index contributed by atoms with van der Waals surface area (Å²) >= 11 is 0.698. The van der Waals surface area contributed by atoms with Gasteiger partial charge in [0.25, 0.3) is 0 Å². The summed E-state index contributed by atoms with van der Waals surface area (Å²) < 4.78 is 99.9. The number of thiophene rings is 1. The summed E-state index contributed by atoms with van der Waals surface area (Å²) in [7, 11) is 2.82. The lowest BCUT2D eigenvalue weighted by Gasteiger charge is -2.18. The second-order valence-corrected chi connectivity index (χ2v) is 13.8. The van der Waals surface area contributed by atoms with Crippen LogP contribution in [0.15, 0.2) is 18.2 Å². The highest BCUT2D eigenvalue weighted by molar-refractivity contribution is 7.23. The predicted octanol–water partition coefficient (Wildman–Crippen LogP) is 7.76. The number of anilines is 2. The van der Waals surface area contributed by atoms with Crippen LogP contribution < -0.4 is 15.8 Å². The van der Waals surface area contributed by atoms with Gasteiger partial charge in [0.2, 0.25) is 0 Å². The summed E-state index contributed by atoms with van der Waals surface area (Å²) in [4.78, 5) is 23.1. The van der Waals surface area contributed by atoms with Gasteiger partial charge in [-0.05, 0) is 63.3 Å². The minimum atomic E-state index is -5.00. The van der Waals surface area contributed by atoms with Crippen LogP contribution in [-0.2, 0) is 15.7 Å². The Kier molecular flexibility index (Phi) is 13.3. The van der Waals surface area contributed by atoms with E-state index in [0.29, 0.717) is 37.1 Å². The quantitative estimate of drug-likeness (QED) is 0.141. The van der Waals surface area contributed by atoms with Crippen LogP contribution in [0, 0.1) is 23.0 Å². The number of rotatable bonds is 7. The van der Waals surface area contributed by atoms with Gasteiger partial charge < -0.3 is 30.2 Å². The van der Waals surface area contributed by atoms with Crippen LogP contribution >= 0.6 is 11.3 Å². The number of amides is 1. The molecule has 2 unspecified atom stereocenters. The van der Waals surface area contributed by atoms with Gasteiger partial charge in [-0.2, -0.15) is 28.4 Å². The van der Waals surface area contributed by atoms with Crippen LogP contribution in [0.2, 0.25) is 0 Å². The molecule has 0 saturated carbocycles. The van der Waals surface area contributed by atoms with E-state index in [1.807, 2.05) is 0 Å². The molecule has 0 bridgehead atoms. The van der Waals surface area contributed by atoms with Crippen LogP contribution in [-0.4, -0.2) is 98.2 Å². The van der Waals surface area contributed by atoms with Crippen molar-refractivity contribution in [2.24, 2.45) is 0 Å². The molecule has 3 aliphatic rings. The van der Waals surface area contributed by atoms with Crippen molar-refractivity contribution in [1.82, 2.24) is 19.8 Å². The highest BCUT2D eigenvalue weighted by Crippen LogP contribution is 2.47. The van der Waals surface area contributed by atoms with Crippen molar-refractivity contribution < 1.29 is 45.3 Å². The number of nitrogens with zero attached hydrogens (tertiary/aromatic N) is 5. The number of nitrogen functional groups attached to an aromatic ring is 1. The van der Waals surface area contributed by atoms with E-state index in [2.05, 4.69) is 20.2 Å². The Hall–Kier alpha value is -4.60. The Morgan fingerprint density at radius 2 is 1.87 bits per heavy atom. The molecule has 2 aromatic heterocycles. The number of nitrogens with one attached hydrogen (secondary N) is 1. The first-order chi connectivity index (χ1) is 25.8. The van der Waals surface area contributed by atoms with E-state index in [4.69, 9.17) is 19.9 Å². The fraction of sp³-hybridized carbons (Fsp3) is 0.500. The minimum absolute atomic E-state index is 0.0444. The molecule has 292 valence electrons. The molecule has 5 heterocycles. The maximum absolute atomic E-state index is 15.9. The summed E-state index contributed by atoms with van der Waals surface area (Å²) in [6.07, 6.45) is -0.195. The van der Waals surface area contributed by atoms with Gasteiger partial charge in [-0.1, -0.05) is 6.07 Å². The van der Waals surface area contributed by atoms with Crippen LogP contribution in [0.1, 0.15) is 50.2 Å². The molecule has 4 aromatic rings. The number of carbonyl (C=O) groups excluding carboxylic acids is 1. The third kappa shape index (κ3) is 8.85. The zero-order valence-corrected chi connectivity index (χ0v) is 30.8. The van der Waals surface area contributed by atoms with Crippen molar-refractivity contribution in [3.8, 4) is 23.2 Å². The van der Waals surface area contributed by atoms with Crippen molar-refractivity contribution in [2.75, 3.05) is 71.2 Å². The second-order valence-electron chi connectivity index (χ2n) is 12.8. The summed E-state index contributed by atoms with van der Waals surface area (Å²) in [6.45, 7) is 6.34. The fourth-order valence-electron chi connectivity index (χ4n) is 6.83. The van der Waals surface area contributed by atoms with E-state index >= 15 is 4.39 Å². The number of benzene rings is 2. The molecule has 7 rings (SSSR count). The van der Waals surface area contributed by atoms with Gasteiger partial charge in [-0.25, -0.2) is 18.0 Å². The molecule has 3 saturated heterocycles. The third-order valence-electron chi connectivity index (χ3n) is 9.28. The molecule has 3 N–H and O–H groups in total. The zero-order chi connectivity index (χ0) is 39.2. The topological polar surface area (TPSA) is 139 Å². The van der Waals surface area contributed by atoms with Crippen LogP contribution in [0.5, 0.6) is 6.01 Å². The third-order valence-corrected chi connectivity index (χ3v) is 10.3. The number of carbonyl (C=O) groups is 1. The number of likely N-dealkylation sites (tertiary alicyclic amines) is 1. The SMILES string of the molecule is CCNc1nc(OC)nc2c(F)c(-c3ccc(F)c4sc(N)c(C#N)c34)c(C(F)(F)F)cc12.COCCOC(=O)N1CCCC1.FC1CC2CCCN2C1. The number of hydrogen-bond donors (Lipinski definition) is 2. The first kappa shape index (κ1) is 40.6. The van der Waals surface area contributed by atoms with Crippen molar-refractivity contribution in [3.63, 3.8) is 0 Å². The zero-order valence-electron chi connectivity index (χ0n) is 30.0. The Morgan fingerprint density at radius 1 is 1.13 bits per heavy atom. The van der Waals surface area contributed by atoms with E-state index in [1.54, 1.807) is 25.0 Å². The number of aromatic nitrogens is 2. The smallest absolute Gasteiger partial charge is 0.417 e. The number of nitrogens with two attached hydrogens (primary N) is 1. The molecule has 11 nitrogen and oxygen atoms in total. The number of nitriles is 1. The van der Waals surface area contributed by atoms with E-state index in [9.17, 15) is 32.0 Å². The average Bonchev–Trinajstić information content (AvgIpc) is 3.95. The molecule has 1 amide bonds. The molecule has 3 aliphatic heterocycles. The molecular formula is C36H41F6N7O4S. The van der Waals surface area contributed by atoms with Crippen LogP contribution in [0.25, 0.3) is 32.1 Å². The monoisotopic (exact) mass is 781 g/mol. The van der Waals surface area contributed by atoms with Gasteiger partial charge in [0, 0.05) is 55.7 Å². The number of methoxy groups -OCH3 is 2. The maximum Gasteiger partial charge on any atom is 0.417 e. The average molecular weight is 782 g/mol. The van der Waals surface area contributed by atoms with Gasteiger partial charge in [0.1, 0.15) is 41.0 Å². The van der Waals surface area contributed by atoms with Crippen LogP contribution in [0.4, 0.5) is 42.0 Å². The number of fused-ring (bicyclic) bond motifs is 3. The fourth-order valence-corrected chi connectivity index (χ4v) is 7.77. The number of halogens is 6. The normalized spacial score (nSPS) is 18.1. The standard InChI is InChI=1S/C21H14F5N5OS.C8H15NO3.C7H12FN/c1-3-29-19-9-6-11(21(24,25)26)14(15(23)16(9)30-20(31-19)32-2)8-4-5-12(22)17-13(8)10(7-27)18(28)33-17;1-11-6-7-12-8(10)9-4-2-3-5-9;8-6-4-7-2-1-3-9(7)5-6/h4-6H,3,28H2,1-2H3,(H,29,30,31);2-7H2,1H3;6-7H,1-5H2. The Morgan fingerprint density at radius 3 is 2.50 bits per heavy atom. The van der Waals surface area contributed by atoms with E-state index in [1.165, 1.54) is 20.0 Å². The highest BCUT2D eigenvalue weighted by atomic mass is 32.1. The Balaban J connectivity index is 0.000000215. The minimum Gasteiger partial charge on any atom is -0.467 e. The summed E-state index contributed by atoms with van der Waals surface area (Å²) in [5.41, 5.74) is 2.59. The number of hydrogen-bond acceptors (Lipinski definition) is 11. The first-order valence-corrected chi connectivity index (χ1v) is 18.2. The summed E-state index contributed by atoms with van der Waals surface area (Å²) in [5, 5.41) is 11.8. The molecule has 0 radical (unpaired) electrons. The second kappa shape index (κ2) is 17.7. The summed E-state index contributed by atoms with van der Waals surface area (Å²) in [6, 6.07) is 4.75. The Labute approximate surface area is 312 Å². The van der Waals surface area contributed by atoms with E-state index in [-0.39, 0.29) is 56.1 Å². The maximum atomic E-state index is 15.9. The van der Waals surface area contributed by atoms with Gasteiger partial charge in [0.05, 0.1) is 29.5 Å². The van der Waals surface area contributed by atoms with Crippen molar-refractivity contribution >= 4 is 49.2 Å². The lowest BCUT2D eigenvalue weighted by Crippen LogP contribution is -2.29. The van der Waals surface area contributed by atoms with E-state index < -0.39 is 40.6 Å². The molecule has 0 aliphatic carbocycles. The van der Waals surface area contributed by atoms with Crippen molar-refractivity contribution in [2.45, 2.75) is 57.4 Å². The largest absolute Gasteiger partial charge is 0.467 e. The molecule has 2 aromatic carbocycles. The highest BCUT2D eigenvalue weighted by Gasteiger charge is 2.38. The number of alkyl halides is 4. The van der Waals surface area contributed by atoms with Gasteiger partial charge >= 0.3 is 18.3 Å². The first-order valence-electron chi connectivity index (χ1n) is 17.4. The lowest BCUT2D eigenvalue weighted by molar-refractivity contribution is -0.137. The lowest BCUT2D eigenvalue weighted by atomic mass is 9.92. The van der Waals surface area contributed by atoms with Crippen LogP contribution in [0.3, 0.4) is 0 Å². The molecule has 54 heavy (non-hydrogen) atoms. The molecule has 18 heteroatoms.